The van der Waals surface area contributed by atoms with E-state index in [2.05, 4.69) is 4.72 Å². The van der Waals surface area contributed by atoms with Crippen molar-refractivity contribution in [3.8, 4) is 17.2 Å². The van der Waals surface area contributed by atoms with Gasteiger partial charge < -0.3 is 19.1 Å². The van der Waals surface area contributed by atoms with Crippen molar-refractivity contribution < 1.29 is 27.4 Å². The molecule has 0 unspecified atom stereocenters. The van der Waals surface area contributed by atoms with Crippen LogP contribution in [0.5, 0.6) is 17.2 Å². The number of carbonyl (C=O) groups is 1. The Morgan fingerprint density at radius 3 is 2.29 bits per heavy atom. The summed E-state index contributed by atoms with van der Waals surface area (Å²) in [5.41, 5.74) is 1.18. The van der Waals surface area contributed by atoms with Gasteiger partial charge in [0.05, 0.1) is 27.4 Å². The molecule has 0 bridgehead atoms. The smallest absolute Gasteiger partial charge is 0.254 e. The summed E-state index contributed by atoms with van der Waals surface area (Å²) in [6.07, 6.45) is 5.26. The third kappa shape index (κ3) is 4.86. The molecule has 1 atom stereocenters. The predicted octanol–water partition coefficient (Wildman–Crippen LogP) is 3.91. The predicted molar refractivity (Wildman–Crippen MR) is 128 cm³/mol. The molecule has 1 heterocycles. The molecule has 2 aliphatic rings. The number of hydrogen-bond acceptors (Lipinski definition) is 6. The van der Waals surface area contributed by atoms with E-state index in [1.54, 1.807) is 31.3 Å². The number of rotatable bonds is 8. The molecule has 2 fully saturated rings. The molecule has 1 aliphatic heterocycles. The van der Waals surface area contributed by atoms with Crippen LogP contribution in [-0.2, 0) is 10.0 Å². The molecule has 0 spiro atoms. The zero-order valence-corrected chi connectivity index (χ0v) is 20.7. The van der Waals surface area contributed by atoms with E-state index in [9.17, 15) is 13.2 Å². The summed E-state index contributed by atoms with van der Waals surface area (Å²) < 4.78 is 45.4. The molecule has 1 saturated heterocycles. The van der Waals surface area contributed by atoms with E-state index < -0.39 is 10.0 Å². The van der Waals surface area contributed by atoms with Crippen LogP contribution in [0, 0.1) is 0 Å². The minimum Gasteiger partial charge on any atom is -0.497 e. The van der Waals surface area contributed by atoms with Crippen molar-refractivity contribution in [2.24, 2.45) is 0 Å². The summed E-state index contributed by atoms with van der Waals surface area (Å²) in [5.74, 6) is 1.36. The summed E-state index contributed by atoms with van der Waals surface area (Å²) >= 11 is 0. The largest absolute Gasteiger partial charge is 0.497 e. The maximum absolute atomic E-state index is 13.6. The Labute approximate surface area is 201 Å². The normalized spacial score (nSPS) is 18.8. The van der Waals surface area contributed by atoms with Crippen LogP contribution in [-0.4, -0.2) is 53.1 Å². The molecule has 1 amide bonds. The summed E-state index contributed by atoms with van der Waals surface area (Å²) in [5, 5.41) is 0. The Balaban J connectivity index is 1.66. The lowest BCUT2D eigenvalue weighted by Crippen LogP contribution is -2.33. The number of methoxy groups -OCH3 is 3. The van der Waals surface area contributed by atoms with Crippen LogP contribution >= 0.6 is 0 Å². The fourth-order valence-electron chi connectivity index (χ4n) is 4.95. The molecule has 0 aromatic heterocycles. The number of ether oxygens (including phenoxy) is 3. The lowest BCUT2D eigenvalue weighted by atomic mass is 10.0. The van der Waals surface area contributed by atoms with Crippen molar-refractivity contribution in [1.29, 1.82) is 0 Å². The molecule has 0 radical (unpaired) electrons. The van der Waals surface area contributed by atoms with E-state index in [4.69, 9.17) is 14.2 Å². The minimum absolute atomic E-state index is 0.0116. The molecule has 9 heteroatoms. The van der Waals surface area contributed by atoms with Gasteiger partial charge in [0.15, 0.2) is 0 Å². The SMILES string of the molecule is COc1ccc(OC)c([C@H]2CCCN2C(=O)c2ccc(OC)c(S(=O)(=O)NC3CCCC3)c2)c1. The Kier molecular flexibility index (Phi) is 7.33. The highest BCUT2D eigenvalue weighted by atomic mass is 32.2. The van der Waals surface area contributed by atoms with Gasteiger partial charge in [-0.05, 0) is 62.1 Å². The van der Waals surface area contributed by atoms with E-state index in [1.807, 2.05) is 18.2 Å². The number of sulfonamides is 1. The summed E-state index contributed by atoms with van der Waals surface area (Å²) in [7, 11) is 0.795. The second kappa shape index (κ2) is 10.2. The Bertz CT molecular complexity index is 1140. The number of hydrogen-bond donors (Lipinski definition) is 1. The summed E-state index contributed by atoms with van der Waals surface area (Å²) in [6.45, 7) is 0.568. The molecule has 1 N–H and O–H groups in total. The molecular weight excluding hydrogens is 456 g/mol. The van der Waals surface area contributed by atoms with Gasteiger partial charge in [-0.25, -0.2) is 13.1 Å². The third-order valence-corrected chi connectivity index (χ3v) is 8.23. The van der Waals surface area contributed by atoms with Crippen molar-refractivity contribution >= 4 is 15.9 Å². The van der Waals surface area contributed by atoms with E-state index >= 15 is 0 Å². The minimum atomic E-state index is -3.83. The molecule has 4 rings (SSSR count). The van der Waals surface area contributed by atoms with Gasteiger partial charge >= 0.3 is 0 Å². The number of benzene rings is 2. The second-order valence-electron chi connectivity index (χ2n) is 8.73. The number of amides is 1. The Morgan fingerprint density at radius 1 is 0.912 bits per heavy atom. The molecule has 184 valence electrons. The molecule has 1 aliphatic carbocycles. The average Bonchev–Trinajstić information content (AvgIpc) is 3.54. The van der Waals surface area contributed by atoms with Crippen LogP contribution in [0.2, 0.25) is 0 Å². The highest BCUT2D eigenvalue weighted by molar-refractivity contribution is 7.89. The quantitative estimate of drug-likeness (QED) is 0.606. The van der Waals surface area contributed by atoms with Crippen molar-refractivity contribution in [2.75, 3.05) is 27.9 Å². The summed E-state index contributed by atoms with van der Waals surface area (Å²) in [6, 6.07) is 9.86. The second-order valence-corrected chi connectivity index (χ2v) is 10.4. The van der Waals surface area contributed by atoms with Gasteiger partial charge in [-0.1, -0.05) is 12.8 Å². The van der Waals surface area contributed by atoms with Gasteiger partial charge in [-0.15, -0.1) is 0 Å². The lowest BCUT2D eigenvalue weighted by Gasteiger charge is -2.27. The van der Waals surface area contributed by atoms with E-state index in [1.165, 1.54) is 13.2 Å². The van der Waals surface area contributed by atoms with Gasteiger partial charge in [0, 0.05) is 23.7 Å². The fraction of sp³-hybridized carbons (Fsp3) is 0.480. The van der Waals surface area contributed by atoms with Crippen LogP contribution in [0.3, 0.4) is 0 Å². The first-order valence-corrected chi connectivity index (χ1v) is 13.1. The average molecular weight is 489 g/mol. The summed E-state index contributed by atoms with van der Waals surface area (Å²) in [4.78, 5) is 15.4. The zero-order valence-electron chi connectivity index (χ0n) is 19.9. The van der Waals surface area contributed by atoms with Gasteiger partial charge in [-0.3, -0.25) is 4.79 Å². The number of nitrogens with zero attached hydrogens (tertiary/aromatic N) is 1. The van der Waals surface area contributed by atoms with E-state index in [0.29, 0.717) is 23.6 Å². The topological polar surface area (TPSA) is 94.2 Å². The number of likely N-dealkylation sites (tertiary alicyclic amines) is 1. The van der Waals surface area contributed by atoms with Gasteiger partial charge in [0.2, 0.25) is 10.0 Å². The maximum atomic E-state index is 13.6. The monoisotopic (exact) mass is 488 g/mol. The third-order valence-electron chi connectivity index (χ3n) is 6.69. The molecule has 2 aromatic carbocycles. The Morgan fingerprint density at radius 2 is 1.62 bits per heavy atom. The molecular formula is C25H32N2O6S. The molecule has 8 nitrogen and oxygen atoms in total. The Hall–Kier alpha value is -2.78. The highest BCUT2D eigenvalue weighted by Gasteiger charge is 2.34. The lowest BCUT2D eigenvalue weighted by molar-refractivity contribution is 0.0733. The van der Waals surface area contributed by atoms with Crippen molar-refractivity contribution in [2.45, 2.75) is 55.5 Å². The molecule has 34 heavy (non-hydrogen) atoms. The van der Waals surface area contributed by atoms with E-state index in [0.717, 1.165) is 44.1 Å². The van der Waals surface area contributed by atoms with Crippen LogP contribution < -0.4 is 18.9 Å². The van der Waals surface area contributed by atoms with Gasteiger partial charge in [-0.2, -0.15) is 0 Å². The maximum Gasteiger partial charge on any atom is 0.254 e. The molecule has 1 saturated carbocycles. The van der Waals surface area contributed by atoms with Gasteiger partial charge in [0.1, 0.15) is 22.1 Å². The van der Waals surface area contributed by atoms with Crippen LogP contribution in [0.4, 0.5) is 0 Å². The van der Waals surface area contributed by atoms with Crippen molar-refractivity contribution in [1.82, 2.24) is 9.62 Å². The van der Waals surface area contributed by atoms with Gasteiger partial charge in [0.25, 0.3) is 5.91 Å². The zero-order chi connectivity index (χ0) is 24.3. The van der Waals surface area contributed by atoms with Crippen LogP contribution in [0.1, 0.15) is 60.5 Å². The first-order valence-electron chi connectivity index (χ1n) is 11.6. The number of nitrogens with one attached hydrogen (secondary N) is 1. The first kappa shape index (κ1) is 24.3. The van der Waals surface area contributed by atoms with E-state index in [-0.39, 0.29) is 28.6 Å². The first-order chi connectivity index (χ1) is 16.4. The standard InChI is InChI=1S/C25H32N2O6S/c1-31-19-11-13-22(32-2)20(16-19)21-9-6-14-27(21)25(28)17-10-12-23(33-3)24(15-17)34(29,30)26-18-7-4-5-8-18/h10-13,15-16,18,21,26H,4-9,14H2,1-3H3/t21-/m1/s1. The highest BCUT2D eigenvalue weighted by Crippen LogP contribution is 2.40. The molecule has 2 aromatic rings. The fourth-order valence-corrected chi connectivity index (χ4v) is 6.44. The van der Waals surface area contributed by atoms with Crippen molar-refractivity contribution in [3.05, 3.63) is 47.5 Å². The van der Waals surface area contributed by atoms with Crippen LogP contribution in [0.15, 0.2) is 41.3 Å². The van der Waals surface area contributed by atoms with Crippen LogP contribution in [0.25, 0.3) is 0 Å². The van der Waals surface area contributed by atoms with Crippen molar-refractivity contribution in [3.63, 3.8) is 0 Å². The number of carbonyl (C=O) groups excluding carboxylic acids is 1.